The van der Waals surface area contributed by atoms with Crippen molar-refractivity contribution in [2.24, 2.45) is 5.41 Å². The lowest BCUT2D eigenvalue weighted by Crippen LogP contribution is -2.50. The first-order valence-corrected chi connectivity index (χ1v) is 8.71. The van der Waals surface area contributed by atoms with Crippen molar-refractivity contribution in [3.05, 3.63) is 22.3 Å². The molecule has 0 radical (unpaired) electrons. The first-order chi connectivity index (χ1) is 11.7. The van der Waals surface area contributed by atoms with E-state index in [0.29, 0.717) is 35.1 Å². The summed E-state index contributed by atoms with van der Waals surface area (Å²) in [6.07, 6.45) is 6.51. The summed E-state index contributed by atoms with van der Waals surface area (Å²) >= 11 is 0. The molecule has 1 aromatic rings. The number of benzene rings is 1. The molecule has 0 bridgehead atoms. The van der Waals surface area contributed by atoms with Crippen molar-refractivity contribution in [1.82, 2.24) is 10.2 Å². The summed E-state index contributed by atoms with van der Waals surface area (Å²) in [6.45, 7) is 10.4. The topological polar surface area (TPSA) is 72.8 Å². The van der Waals surface area contributed by atoms with Crippen LogP contribution in [0.25, 0.3) is 0 Å². The minimum absolute atomic E-state index is 0.0408. The summed E-state index contributed by atoms with van der Waals surface area (Å²) in [5, 5.41) is 24.0. The Hall–Kier alpha value is -2.19. The molecule has 0 aliphatic carbocycles. The highest BCUT2D eigenvalue weighted by Gasteiger charge is 2.33. The van der Waals surface area contributed by atoms with Crippen LogP contribution in [0.3, 0.4) is 0 Å². The molecule has 5 nitrogen and oxygen atoms in total. The van der Waals surface area contributed by atoms with Crippen molar-refractivity contribution in [3.63, 3.8) is 0 Å². The fourth-order valence-electron chi connectivity index (χ4n) is 3.35. The van der Waals surface area contributed by atoms with Crippen LogP contribution < -0.4 is 5.32 Å². The molecular formula is C20H28N2O3. The van der Waals surface area contributed by atoms with E-state index >= 15 is 0 Å². The Bertz CT molecular complexity index is 682. The van der Waals surface area contributed by atoms with E-state index in [2.05, 4.69) is 11.2 Å². The summed E-state index contributed by atoms with van der Waals surface area (Å²) in [5.74, 6) is 2.72. The Morgan fingerprint density at radius 1 is 1.20 bits per heavy atom. The van der Waals surface area contributed by atoms with Gasteiger partial charge in [0.25, 0.3) is 0 Å². The Morgan fingerprint density at radius 2 is 1.80 bits per heavy atom. The summed E-state index contributed by atoms with van der Waals surface area (Å²) in [7, 11) is 0. The smallest absolute Gasteiger partial charge is 0.228 e. The van der Waals surface area contributed by atoms with Gasteiger partial charge < -0.3 is 20.4 Å². The lowest BCUT2D eigenvalue weighted by Gasteiger charge is -2.35. The van der Waals surface area contributed by atoms with Gasteiger partial charge in [-0.1, -0.05) is 19.8 Å². The normalized spacial score (nSPS) is 15.1. The van der Waals surface area contributed by atoms with Gasteiger partial charge in [-0.2, -0.15) is 0 Å². The summed E-state index contributed by atoms with van der Waals surface area (Å²) < 4.78 is 0. The highest BCUT2D eigenvalue weighted by molar-refractivity contribution is 5.82. The van der Waals surface area contributed by atoms with Crippen molar-refractivity contribution in [3.8, 4) is 23.8 Å². The molecule has 5 heteroatoms. The number of piperazine rings is 1. The van der Waals surface area contributed by atoms with Gasteiger partial charge in [0, 0.05) is 42.7 Å². The molecule has 1 aromatic carbocycles. The zero-order valence-corrected chi connectivity index (χ0v) is 15.6. The molecule has 1 saturated heterocycles. The molecule has 1 aliphatic rings. The van der Waals surface area contributed by atoms with Crippen LogP contribution in [-0.2, 0) is 11.2 Å². The van der Waals surface area contributed by atoms with Gasteiger partial charge in [0.15, 0.2) is 0 Å². The lowest BCUT2D eigenvalue weighted by atomic mass is 9.83. The third kappa shape index (κ3) is 3.74. The molecule has 1 heterocycles. The number of phenolic OH excluding ortho intramolecular Hbond substituents is 2. The van der Waals surface area contributed by atoms with Crippen molar-refractivity contribution < 1.29 is 15.0 Å². The molecule has 3 N–H and O–H groups in total. The number of aromatic hydroxyl groups is 2. The third-order valence-electron chi connectivity index (χ3n) is 5.19. The average molecular weight is 344 g/mol. The Morgan fingerprint density at radius 3 is 2.36 bits per heavy atom. The highest BCUT2D eigenvalue weighted by Crippen LogP contribution is 2.38. The van der Waals surface area contributed by atoms with Crippen molar-refractivity contribution >= 4 is 5.91 Å². The molecule has 0 unspecified atom stereocenters. The minimum Gasteiger partial charge on any atom is -0.507 e. The predicted octanol–water partition coefficient (Wildman–Crippen LogP) is 2.09. The standard InChI is InChI=1S/C20H28N2O3/c1-6-15-13(2)18(24)16(14(3)17(15)23)7-8-20(4,5)19(25)22-11-9-21-10-12-22/h1,21,23-24H,7-12H2,2-5H3. The number of nitrogens with one attached hydrogen (secondary N) is 1. The van der Waals surface area contributed by atoms with Crippen LogP contribution >= 0.6 is 0 Å². The Balaban J connectivity index is 2.20. The fourth-order valence-corrected chi connectivity index (χ4v) is 3.35. The van der Waals surface area contributed by atoms with Crippen LogP contribution in [0.1, 0.15) is 42.5 Å². The Labute approximate surface area is 150 Å². The maximum absolute atomic E-state index is 12.8. The maximum Gasteiger partial charge on any atom is 0.228 e. The minimum atomic E-state index is -0.537. The van der Waals surface area contributed by atoms with Crippen LogP contribution in [0.2, 0.25) is 0 Å². The van der Waals surface area contributed by atoms with Crippen molar-refractivity contribution in [1.29, 1.82) is 0 Å². The highest BCUT2D eigenvalue weighted by atomic mass is 16.3. The van der Waals surface area contributed by atoms with Gasteiger partial charge in [0.05, 0.1) is 5.56 Å². The van der Waals surface area contributed by atoms with Gasteiger partial charge in [0.1, 0.15) is 11.5 Å². The molecule has 0 spiro atoms. The second-order valence-electron chi connectivity index (χ2n) is 7.37. The summed E-state index contributed by atoms with van der Waals surface area (Å²) in [4.78, 5) is 14.7. The quantitative estimate of drug-likeness (QED) is 0.578. The molecule has 2 rings (SSSR count). The number of carbonyl (C=O) groups excluding carboxylic acids is 1. The lowest BCUT2D eigenvalue weighted by molar-refractivity contribution is -0.141. The monoisotopic (exact) mass is 344 g/mol. The molecule has 25 heavy (non-hydrogen) atoms. The zero-order valence-electron chi connectivity index (χ0n) is 15.6. The van der Waals surface area contributed by atoms with Gasteiger partial charge in [0.2, 0.25) is 5.91 Å². The average Bonchev–Trinajstić information content (AvgIpc) is 2.60. The van der Waals surface area contributed by atoms with Gasteiger partial charge in [-0.05, 0) is 32.3 Å². The second-order valence-corrected chi connectivity index (χ2v) is 7.37. The van der Waals surface area contributed by atoms with Gasteiger partial charge in [-0.25, -0.2) is 0 Å². The van der Waals surface area contributed by atoms with Crippen LogP contribution in [0.15, 0.2) is 0 Å². The van der Waals surface area contributed by atoms with E-state index in [1.807, 2.05) is 18.7 Å². The predicted molar refractivity (Wildman–Crippen MR) is 98.7 cm³/mol. The van der Waals surface area contributed by atoms with E-state index in [4.69, 9.17) is 6.42 Å². The SMILES string of the molecule is C#Cc1c(C)c(O)c(CCC(C)(C)C(=O)N2CCNCC2)c(C)c1O. The number of phenols is 2. The van der Waals surface area contributed by atoms with Crippen LogP contribution in [0.5, 0.6) is 11.5 Å². The summed E-state index contributed by atoms with van der Waals surface area (Å²) in [6, 6.07) is 0. The number of hydrogen-bond donors (Lipinski definition) is 3. The number of rotatable bonds is 4. The van der Waals surface area contributed by atoms with Crippen molar-refractivity contribution in [2.75, 3.05) is 26.2 Å². The number of amides is 1. The zero-order chi connectivity index (χ0) is 18.8. The largest absolute Gasteiger partial charge is 0.507 e. The van der Waals surface area contributed by atoms with Crippen LogP contribution in [0, 0.1) is 31.6 Å². The van der Waals surface area contributed by atoms with Crippen LogP contribution in [0.4, 0.5) is 0 Å². The third-order valence-corrected chi connectivity index (χ3v) is 5.19. The van der Waals surface area contributed by atoms with E-state index in [0.717, 1.165) is 26.2 Å². The fraction of sp³-hybridized carbons (Fsp3) is 0.550. The van der Waals surface area contributed by atoms with Gasteiger partial charge in [-0.3, -0.25) is 4.79 Å². The number of nitrogens with zero attached hydrogens (tertiary/aromatic N) is 1. The molecular weight excluding hydrogens is 316 g/mol. The van der Waals surface area contributed by atoms with Crippen molar-refractivity contribution in [2.45, 2.75) is 40.5 Å². The van der Waals surface area contributed by atoms with E-state index < -0.39 is 5.41 Å². The van der Waals surface area contributed by atoms with Crippen LogP contribution in [-0.4, -0.2) is 47.2 Å². The summed E-state index contributed by atoms with van der Waals surface area (Å²) in [5.41, 5.74) is 1.54. The number of carbonyl (C=O) groups is 1. The molecule has 1 aliphatic heterocycles. The van der Waals surface area contributed by atoms with E-state index in [1.165, 1.54) is 0 Å². The first-order valence-electron chi connectivity index (χ1n) is 8.71. The molecule has 1 amide bonds. The van der Waals surface area contributed by atoms with E-state index in [1.54, 1.807) is 13.8 Å². The number of terminal acetylenes is 1. The van der Waals surface area contributed by atoms with E-state index in [-0.39, 0.29) is 17.4 Å². The Kier molecular flexibility index (Phi) is 5.64. The van der Waals surface area contributed by atoms with Gasteiger partial charge in [-0.15, -0.1) is 6.42 Å². The molecule has 0 saturated carbocycles. The number of hydrogen-bond acceptors (Lipinski definition) is 4. The second kappa shape index (κ2) is 7.37. The molecule has 1 fully saturated rings. The first kappa shape index (κ1) is 19.1. The van der Waals surface area contributed by atoms with E-state index in [9.17, 15) is 15.0 Å². The molecule has 0 atom stereocenters. The molecule has 136 valence electrons. The maximum atomic E-state index is 12.8. The van der Waals surface area contributed by atoms with Gasteiger partial charge >= 0.3 is 0 Å². The molecule has 0 aromatic heterocycles.